The second kappa shape index (κ2) is 9.56. The number of nitrogens with zero attached hydrogens (tertiary/aromatic N) is 2. The molecule has 1 aromatic rings. The highest BCUT2D eigenvalue weighted by Gasteiger charge is 2.17. The van der Waals surface area contributed by atoms with Gasteiger partial charge in [-0.15, -0.1) is 24.8 Å². The number of piperazine rings is 1. The Morgan fingerprint density at radius 3 is 2.05 bits per heavy atom. The Labute approximate surface area is 129 Å². The maximum Gasteiger partial charge on any atom is 0.0234 e. The Kier molecular flexibility index (Phi) is 9.40. The van der Waals surface area contributed by atoms with Crippen LogP contribution in [0.25, 0.3) is 0 Å². The molecule has 1 aliphatic heterocycles. The van der Waals surface area contributed by atoms with Crippen molar-refractivity contribution in [3.05, 3.63) is 35.9 Å². The number of hydrogen-bond donors (Lipinski definition) is 1. The summed E-state index contributed by atoms with van der Waals surface area (Å²) in [4.78, 5) is 4.99. The Morgan fingerprint density at radius 2 is 1.53 bits per heavy atom. The summed E-state index contributed by atoms with van der Waals surface area (Å²) >= 11 is 0. The first-order valence-corrected chi connectivity index (χ1v) is 6.48. The summed E-state index contributed by atoms with van der Waals surface area (Å²) in [5.74, 6) is 0. The first kappa shape index (κ1) is 18.7. The lowest BCUT2D eigenvalue weighted by atomic mass is 10.2. The van der Waals surface area contributed by atoms with Gasteiger partial charge in [0.1, 0.15) is 0 Å². The minimum absolute atomic E-state index is 0. The monoisotopic (exact) mass is 305 g/mol. The third-order valence-electron chi connectivity index (χ3n) is 3.26. The molecule has 2 N–H and O–H groups in total. The van der Waals surface area contributed by atoms with Gasteiger partial charge in [0.2, 0.25) is 0 Å². The molecule has 0 saturated carbocycles. The van der Waals surface area contributed by atoms with Crippen molar-refractivity contribution in [1.82, 2.24) is 9.80 Å². The lowest BCUT2D eigenvalue weighted by Crippen LogP contribution is -2.48. The van der Waals surface area contributed by atoms with Crippen molar-refractivity contribution in [2.45, 2.75) is 19.5 Å². The van der Waals surface area contributed by atoms with Gasteiger partial charge in [0.15, 0.2) is 0 Å². The van der Waals surface area contributed by atoms with Gasteiger partial charge in [-0.25, -0.2) is 0 Å². The van der Waals surface area contributed by atoms with Gasteiger partial charge in [-0.05, 0) is 12.5 Å². The highest BCUT2D eigenvalue weighted by molar-refractivity contribution is 5.85. The molecule has 1 saturated heterocycles. The summed E-state index contributed by atoms with van der Waals surface area (Å²) in [6, 6.07) is 11.0. The first-order valence-electron chi connectivity index (χ1n) is 6.48. The van der Waals surface area contributed by atoms with E-state index in [-0.39, 0.29) is 30.9 Å². The molecule has 1 unspecified atom stereocenters. The zero-order valence-electron chi connectivity index (χ0n) is 11.5. The molecule has 1 atom stereocenters. The van der Waals surface area contributed by atoms with Crippen molar-refractivity contribution in [2.75, 3.05) is 32.7 Å². The number of halogens is 2. The zero-order valence-corrected chi connectivity index (χ0v) is 13.1. The van der Waals surface area contributed by atoms with Crippen LogP contribution in [-0.4, -0.2) is 48.6 Å². The van der Waals surface area contributed by atoms with E-state index in [0.717, 1.165) is 39.3 Å². The van der Waals surface area contributed by atoms with Gasteiger partial charge in [0.05, 0.1) is 0 Å². The number of hydrogen-bond acceptors (Lipinski definition) is 3. The normalized spacial score (nSPS) is 18.2. The second-order valence-electron chi connectivity index (χ2n) is 5.04. The Bertz CT molecular complexity index is 325. The fraction of sp³-hybridized carbons (Fsp3) is 0.571. The van der Waals surface area contributed by atoms with Gasteiger partial charge in [-0.2, -0.15) is 0 Å². The quantitative estimate of drug-likeness (QED) is 0.923. The minimum Gasteiger partial charge on any atom is -0.327 e. The van der Waals surface area contributed by atoms with Crippen molar-refractivity contribution in [1.29, 1.82) is 0 Å². The van der Waals surface area contributed by atoms with E-state index in [1.54, 1.807) is 0 Å². The fourth-order valence-corrected chi connectivity index (χ4v) is 2.38. The van der Waals surface area contributed by atoms with Crippen LogP contribution in [0.15, 0.2) is 30.3 Å². The molecule has 1 aliphatic rings. The molecule has 1 heterocycles. The molecule has 0 aliphatic carbocycles. The maximum atomic E-state index is 5.83. The standard InChI is InChI=1S/C14H23N3.2ClH/c1-13(15)11-16-7-9-17(10-8-16)12-14-5-3-2-4-6-14;;/h2-6,13H,7-12,15H2,1H3;2*1H. The number of nitrogens with two attached hydrogens (primary N) is 1. The van der Waals surface area contributed by atoms with Crippen LogP contribution in [0.2, 0.25) is 0 Å². The lowest BCUT2D eigenvalue weighted by Gasteiger charge is -2.35. The summed E-state index contributed by atoms with van der Waals surface area (Å²) in [7, 11) is 0. The molecule has 0 aromatic heterocycles. The van der Waals surface area contributed by atoms with Crippen LogP contribution in [0, 0.1) is 0 Å². The molecule has 5 heteroatoms. The van der Waals surface area contributed by atoms with E-state index >= 15 is 0 Å². The van der Waals surface area contributed by atoms with Gasteiger partial charge < -0.3 is 5.73 Å². The molecule has 0 bridgehead atoms. The third kappa shape index (κ3) is 6.59. The fourth-order valence-electron chi connectivity index (χ4n) is 2.38. The minimum atomic E-state index is 0. The average molecular weight is 306 g/mol. The van der Waals surface area contributed by atoms with E-state index in [9.17, 15) is 0 Å². The average Bonchev–Trinajstić information content (AvgIpc) is 2.32. The maximum absolute atomic E-state index is 5.83. The van der Waals surface area contributed by atoms with Crippen LogP contribution in [0.4, 0.5) is 0 Å². The van der Waals surface area contributed by atoms with Gasteiger partial charge in [-0.3, -0.25) is 9.80 Å². The van der Waals surface area contributed by atoms with Crippen LogP contribution < -0.4 is 5.73 Å². The summed E-state index contributed by atoms with van der Waals surface area (Å²) in [5, 5.41) is 0. The molecule has 1 fully saturated rings. The highest BCUT2D eigenvalue weighted by atomic mass is 35.5. The van der Waals surface area contributed by atoms with Gasteiger partial charge in [0.25, 0.3) is 0 Å². The summed E-state index contributed by atoms with van der Waals surface area (Å²) in [5.41, 5.74) is 7.24. The number of rotatable bonds is 4. The molecular weight excluding hydrogens is 281 g/mol. The van der Waals surface area contributed by atoms with Crippen LogP contribution in [0.1, 0.15) is 12.5 Å². The third-order valence-corrected chi connectivity index (χ3v) is 3.26. The van der Waals surface area contributed by atoms with E-state index in [1.807, 2.05) is 0 Å². The van der Waals surface area contributed by atoms with Crippen LogP contribution >= 0.6 is 24.8 Å². The van der Waals surface area contributed by atoms with Crippen LogP contribution in [-0.2, 0) is 6.54 Å². The first-order chi connectivity index (χ1) is 8.24. The van der Waals surface area contributed by atoms with Crippen molar-refractivity contribution in [3.8, 4) is 0 Å². The van der Waals surface area contributed by atoms with Crippen molar-refractivity contribution in [2.24, 2.45) is 5.73 Å². The number of benzene rings is 1. The molecule has 2 rings (SSSR count). The topological polar surface area (TPSA) is 32.5 Å². The van der Waals surface area contributed by atoms with E-state index in [1.165, 1.54) is 5.56 Å². The second-order valence-corrected chi connectivity index (χ2v) is 5.04. The molecule has 0 amide bonds. The van der Waals surface area contributed by atoms with Gasteiger partial charge >= 0.3 is 0 Å². The molecule has 19 heavy (non-hydrogen) atoms. The largest absolute Gasteiger partial charge is 0.327 e. The van der Waals surface area contributed by atoms with Gasteiger partial charge in [0, 0.05) is 45.3 Å². The van der Waals surface area contributed by atoms with Gasteiger partial charge in [-0.1, -0.05) is 30.3 Å². The van der Waals surface area contributed by atoms with Crippen molar-refractivity contribution >= 4 is 24.8 Å². The Hall–Kier alpha value is -0.320. The summed E-state index contributed by atoms with van der Waals surface area (Å²) < 4.78 is 0. The summed E-state index contributed by atoms with van der Waals surface area (Å²) in [6.45, 7) is 8.79. The molecule has 0 radical (unpaired) electrons. The summed E-state index contributed by atoms with van der Waals surface area (Å²) in [6.07, 6.45) is 0. The smallest absolute Gasteiger partial charge is 0.0234 e. The Balaban J connectivity index is 0.00000162. The van der Waals surface area contributed by atoms with E-state index in [4.69, 9.17) is 5.73 Å². The van der Waals surface area contributed by atoms with Crippen molar-refractivity contribution < 1.29 is 0 Å². The SMILES string of the molecule is CC(N)CN1CCN(Cc2ccccc2)CC1.Cl.Cl. The zero-order chi connectivity index (χ0) is 12.1. The van der Waals surface area contributed by atoms with Crippen LogP contribution in [0.5, 0.6) is 0 Å². The molecule has 1 aromatic carbocycles. The molecule has 3 nitrogen and oxygen atoms in total. The van der Waals surface area contributed by atoms with E-state index < -0.39 is 0 Å². The van der Waals surface area contributed by atoms with Crippen LogP contribution in [0.3, 0.4) is 0 Å². The van der Waals surface area contributed by atoms with E-state index in [2.05, 4.69) is 47.1 Å². The predicted molar refractivity (Wildman–Crippen MR) is 86.3 cm³/mol. The van der Waals surface area contributed by atoms with E-state index in [0.29, 0.717) is 0 Å². The predicted octanol–water partition coefficient (Wildman–Crippen LogP) is 2.00. The molecule has 0 spiro atoms. The Morgan fingerprint density at radius 1 is 1.00 bits per heavy atom. The highest BCUT2D eigenvalue weighted by Crippen LogP contribution is 2.08. The molecule has 110 valence electrons. The van der Waals surface area contributed by atoms with Crippen molar-refractivity contribution in [3.63, 3.8) is 0 Å². The lowest BCUT2D eigenvalue weighted by molar-refractivity contribution is 0.123. The molecular formula is C14H25Cl2N3.